The Hall–Kier alpha value is -3.20. The van der Waals surface area contributed by atoms with E-state index in [0.29, 0.717) is 11.3 Å². The zero-order chi connectivity index (χ0) is 22.4. The summed E-state index contributed by atoms with van der Waals surface area (Å²) in [7, 11) is 0. The zero-order valence-electron chi connectivity index (χ0n) is 17.2. The van der Waals surface area contributed by atoms with Crippen molar-refractivity contribution in [2.75, 3.05) is 11.9 Å². The molecule has 0 spiro atoms. The van der Waals surface area contributed by atoms with Crippen LogP contribution in [-0.2, 0) is 14.4 Å². The molecule has 2 aromatic rings. The summed E-state index contributed by atoms with van der Waals surface area (Å²) < 4.78 is 6.41. The smallest absolute Gasteiger partial charge is 0.329 e. The van der Waals surface area contributed by atoms with Gasteiger partial charge in [-0.3, -0.25) is 14.4 Å². The Morgan fingerprint density at radius 1 is 1.16 bits per heavy atom. The highest BCUT2D eigenvalue weighted by atomic mass is 79.9. The van der Waals surface area contributed by atoms with Gasteiger partial charge in [-0.2, -0.15) is 5.10 Å². The van der Waals surface area contributed by atoms with E-state index in [1.165, 1.54) is 6.21 Å². The number of carbonyl (C=O) groups excluding carboxylic acids is 3. The van der Waals surface area contributed by atoms with Crippen molar-refractivity contribution in [2.24, 2.45) is 5.10 Å². The minimum absolute atomic E-state index is 0.0852. The molecule has 3 rings (SSSR count). The Bertz CT molecular complexity index is 1030. The van der Waals surface area contributed by atoms with Gasteiger partial charge < -0.3 is 15.4 Å². The zero-order valence-corrected chi connectivity index (χ0v) is 18.8. The van der Waals surface area contributed by atoms with Crippen molar-refractivity contribution in [1.29, 1.82) is 0 Å². The molecule has 162 valence electrons. The number of amides is 3. The molecular formula is C22H23BrN4O4. The fourth-order valence-corrected chi connectivity index (χ4v) is 3.04. The molecular weight excluding hydrogens is 464 g/mol. The minimum Gasteiger partial charge on any atom is -0.483 e. The number of hydrogen-bond donors (Lipinski definition) is 3. The van der Waals surface area contributed by atoms with Crippen molar-refractivity contribution in [2.45, 2.75) is 32.7 Å². The number of hydrogen-bond acceptors (Lipinski definition) is 5. The van der Waals surface area contributed by atoms with E-state index < -0.39 is 11.8 Å². The second-order valence-corrected chi connectivity index (χ2v) is 8.13. The van der Waals surface area contributed by atoms with E-state index in [1.807, 2.05) is 32.0 Å². The van der Waals surface area contributed by atoms with Gasteiger partial charge in [0.1, 0.15) is 5.75 Å². The van der Waals surface area contributed by atoms with E-state index in [1.54, 1.807) is 18.2 Å². The standard InChI is InChI=1S/C22H23BrN4O4/c1-13-4-3-5-18(14(13)2)26-20(28)12-31-19-9-6-16(23)10-15(19)11-24-27-22(30)21(29)25-17-7-8-17/h3-6,9-11,17H,7-8,12H2,1-2H3,(H,25,29)(H,26,28)(H,27,30)/b24-11-. The lowest BCUT2D eigenvalue weighted by molar-refractivity contribution is -0.139. The van der Waals surface area contributed by atoms with Gasteiger partial charge in [0, 0.05) is 21.8 Å². The normalized spacial score (nSPS) is 13.0. The van der Waals surface area contributed by atoms with E-state index in [4.69, 9.17) is 4.74 Å². The monoisotopic (exact) mass is 486 g/mol. The Morgan fingerprint density at radius 3 is 2.68 bits per heavy atom. The molecule has 0 heterocycles. The first-order valence-corrected chi connectivity index (χ1v) is 10.5. The highest BCUT2D eigenvalue weighted by Crippen LogP contribution is 2.22. The van der Waals surface area contributed by atoms with Crippen LogP contribution >= 0.6 is 15.9 Å². The molecule has 9 heteroatoms. The largest absolute Gasteiger partial charge is 0.483 e. The topological polar surface area (TPSA) is 109 Å². The molecule has 2 aromatic carbocycles. The first-order valence-electron chi connectivity index (χ1n) is 9.76. The van der Waals surface area contributed by atoms with Crippen LogP contribution < -0.4 is 20.8 Å². The quantitative estimate of drug-likeness (QED) is 0.317. The third kappa shape index (κ3) is 6.65. The maximum Gasteiger partial charge on any atom is 0.329 e. The van der Waals surface area contributed by atoms with Crippen molar-refractivity contribution in [3.05, 3.63) is 57.6 Å². The van der Waals surface area contributed by atoms with Crippen LogP contribution in [0.2, 0.25) is 0 Å². The van der Waals surface area contributed by atoms with Gasteiger partial charge in [0.2, 0.25) is 0 Å². The van der Waals surface area contributed by atoms with E-state index in [9.17, 15) is 14.4 Å². The summed E-state index contributed by atoms with van der Waals surface area (Å²) >= 11 is 3.37. The number of hydrazone groups is 1. The number of halogens is 1. The van der Waals surface area contributed by atoms with Crippen molar-refractivity contribution < 1.29 is 19.1 Å². The average Bonchev–Trinajstić information content (AvgIpc) is 3.54. The number of carbonyl (C=O) groups is 3. The lowest BCUT2D eigenvalue weighted by Gasteiger charge is -2.12. The predicted octanol–water partition coefficient (Wildman–Crippen LogP) is 2.81. The molecule has 3 amide bonds. The molecule has 3 N–H and O–H groups in total. The second kappa shape index (κ2) is 10.2. The van der Waals surface area contributed by atoms with Gasteiger partial charge in [0.15, 0.2) is 6.61 Å². The number of anilines is 1. The molecule has 0 atom stereocenters. The molecule has 0 aromatic heterocycles. The molecule has 1 fully saturated rings. The molecule has 0 radical (unpaired) electrons. The van der Waals surface area contributed by atoms with Crippen LogP contribution in [0.3, 0.4) is 0 Å². The number of ether oxygens (including phenoxy) is 1. The SMILES string of the molecule is Cc1cccc(NC(=O)COc2ccc(Br)cc2/C=N\NC(=O)C(=O)NC2CC2)c1C. The first kappa shape index (κ1) is 22.5. The third-order valence-corrected chi connectivity index (χ3v) is 5.19. The first-order chi connectivity index (χ1) is 14.8. The molecule has 8 nitrogen and oxygen atoms in total. The maximum absolute atomic E-state index is 12.3. The van der Waals surface area contributed by atoms with Crippen LogP contribution in [0.15, 0.2) is 46.0 Å². The maximum atomic E-state index is 12.3. The Balaban J connectivity index is 1.58. The molecule has 1 aliphatic rings. The fraction of sp³-hybridized carbons (Fsp3) is 0.273. The van der Waals surface area contributed by atoms with Crippen molar-refractivity contribution in [1.82, 2.24) is 10.7 Å². The van der Waals surface area contributed by atoms with Gasteiger partial charge in [-0.25, -0.2) is 5.43 Å². The van der Waals surface area contributed by atoms with Crippen molar-refractivity contribution in [3.63, 3.8) is 0 Å². The third-order valence-electron chi connectivity index (χ3n) is 4.70. The lowest BCUT2D eigenvalue weighted by Crippen LogP contribution is -2.38. The van der Waals surface area contributed by atoms with E-state index in [0.717, 1.165) is 34.1 Å². The van der Waals surface area contributed by atoms with Gasteiger partial charge >= 0.3 is 11.8 Å². The summed E-state index contributed by atoms with van der Waals surface area (Å²) in [4.78, 5) is 35.7. The number of benzene rings is 2. The van der Waals surface area contributed by atoms with Crippen molar-refractivity contribution in [3.8, 4) is 5.75 Å². The van der Waals surface area contributed by atoms with E-state index >= 15 is 0 Å². The predicted molar refractivity (Wildman–Crippen MR) is 121 cm³/mol. The summed E-state index contributed by atoms with van der Waals surface area (Å²) in [6.45, 7) is 3.71. The number of aryl methyl sites for hydroxylation is 1. The van der Waals surface area contributed by atoms with Crippen LogP contribution in [0.5, 0.6) is 5.75 Å². The van der Waals surface area contributed by atoms with Crippen LogP contribution in [0, 0.1) is 13.8 Å². The van der Waals surface area contributed by atoms with E-state index in [2.05, 4.69) is 37.1 Å². The highest BCUT2D eigenvalue weighted by molar-refractivity contribution is 9.10. The minimum atomic E-state index is -0.839. The van der Waals surface area contributed by atoms with Crippen LogP contribution in [-0.4, -0.2) is 36.6 Å². The highest BCUT2D eigenvalue weighted by Gasteiger charge is 2.26. The molecule has 0 saturated heterocycles. The van der Waals surface area contributed by atoms with Gasteiger partial charge in [-0.05, 0) is 62.1 Å². The summed E-state index contributed by atoms with van der Waals surface area (Å²) in [5.74, 6) is -1.45. The lowest BCUT2D eigenvalue weighted by atomic mass is 10.1. The van der Waals surface area contributed by atoms with Gasteiger partial charge in [-0.15, -0.1) is 0 Å². The molecule has 1 aliphatic carbocycles. The molecule has 1 saturated carbocycles. The van der Waals surface area contributed by atoms with Crippen molar-refractivity contribution >= 4 is 45.6 Å². The molecule has 0 aliphatic heterocycles. The Morgan fingerprint density at radius 2 is 1.94 bits per heavy atom. The summed E-state index contributed by atoms with van der Waals surface area (Å²) in [6, 6.07) is 10.9. The number of nitrogens with zero attached hydrogens (tertiary/aromatic N) is 1. The Kier molecular flexibility index (Phi) is 7.41. The fourth-order valence-electron chi connectivity index (χ4n) is 2.66. The van der Waals surface area contributed by atoms with E-state index in [-0.39, 0.29) is 18.6 Å². The molecule has 0 unspecified atom stereocenters. The average molecular weight is 487 g/mol. The van der Waals surface area contributed by atoms with Gasteiger partial charge in [0.05, 0.1) is 6.21 Å². The van der Waals surface area contributed by atoms with Crippen LogP contribution in [0.4, 0.5) is 5.69 Å². The van der Waals surface area contributed by atoms with Gasteiger partial charge in [-0.1, -0.05) is 28.1 Å². The summed E-state index contributed by atoms with van der Waals surface area (Å²) in [6.07, 6.45) is 3.13. The van der Waals surface area contributed by atoms with Crippen LogP contribution in [0.1, 0.15) is 29.5 Å². The second-order valence-electron chi connectivity index (χ2n) is 7.21. The molecule has 31 heavy (non-hydrogen) atoms. The summed E-state index contributed by atoms with van der Waals surface area (Å²) in [5, 5.41) is 9.24. The number of nitrogens with one attached hydrogen (secondary N) is 3. The summed E-state index contributed by atoms with van der Waals surface area (Å²) in [5.41, 5.74) is 5.52. The van der Waals surface area contributed by atoms with Crippen LogP contribution in [0.25, 0.3) is 0 Å². The Labute approximate surface area is 188 Å². The molecule has 0 bridgehead atoms. The van der Waals surface area contributed by atoms with Gasteiger partial charge in [0.25, 0.3) is 5.91 Å². The number of rotatable bonds is 7.